The van der Waals surface area contributed by atoms with E-state index in [1.54, 1.807) is 25.3 Å². The number of aromatic nitrogens is 2. The first-order valence-corrected chi connectivity index (χ1v) is 9.06. The number of aromatic amines is 1. The van der Waals surface area contributed by atoms with Crippen LogP contribution >= 0.6 is 11.6 Å². The van der Waals surface area contributed by atoms with Crippen LogP contribution in [0.2, 0.25) is 5.02 Å². The molecular formula is C20H22ClN5O2. The van der Waals surface area contributed by atoms with E-state index < -0.39 is 5.91 Å². The molecule has 0 aliphatic carbocycles. The Hall–Kier alpha value is -3.19. The third kappa shape index (κ3) is 4.04. The summed E-state index contributed by atoms with van der Waals surface area (Å²) in [6.45, 7) is 4.52. The molecule has 1 amide bonds. The van der Waals surface area contributed by atoms with Crippen molar-refractivity contribution in [3.63, 3.8) is 0 Å². The Morgan fingerprint density at radius 3 is 2.71 bits per heavy atom. The number of anilines is 3. The number of ether oxygens (including phenoxy) is 1. The topological polar surface area (TPSA) is 105 Å². The van der Waals surface area contributed by atoms with E-state index in [0.717, 1.165) is 22.4 Å². The molecule has 0 saturated heterocycles. The molecular weight excluding hydrogens is 378 g/mol. The number of nitrogens with zero attached hydrogens (tertiary/aromatic N) is 1. The number of hydrogen-bond donors (Lipinski definition) is 4. The summed E-state index contributed by atoms with van der Waals surface area (Å²) in [6.07, 6.45) is 0. The van der Waals surface area contributed by atoms with Gasteiger partial charge in [0, 0.05) is 17.3 Å². The van der Waals surface area contributed by atoms with Crippen LogP contribution < -0.4 is 21.1 Å². The van der Waals surface area contributed by atoms with Crippen molar-refractivity contribution < 1.29 is 9.53 Å². The number of nitrogens with one attached hydrogen (secondary N) is 3. The highest BCUT2D eigenvalue weighted by molar-refractivity contribution is 6.30. The summed E-state index contributed by atoms with van der Waals surface area (Å²) >= 11 is 6.01. The largest absolute Gasteiger partial charge is 0.496 e. The van der Waals surface area contributed by atoms with E-state index in [0.29, 0.717) is 28.9 Å². The molecule has 3 aromatic rings. The second-order valence-corrected chi connectivity index (χ2v) is 6.79. The fourth-order valence-electron chi connectivity index (χ4n) is 2.95. The van der Waals surface area contributed by atoms with E-state index in [4.69, 9.17) is 22.1 Å². The van der Waals surface area contributed by atoms with Crippen molar-refractivity contribution in [3.05, 3.63) is 63.7 Å². The molecule has 0 saturated carbocycles. The predicted molar refractivity (Wildman–Crippen MR) is 112 cm³/mol. The zero-order valence-corrected chi connectivity index (χ0v) is 16.6. The summed E-state index contributed by atoms with van der Waals surface area (Å²) in [4.78, 5) is 12.0. The molecule has 146 valence electrons. The maximum Gasteiger partial charge on any atom is 0.256 e. The van der Waals surface area contributed by atoms with Crippen LogP contribution in [0.4, 0.5) is 17.3 Å². The molecule has 28 heavy (non-hydrogen) atoms. The van der Waals surface area contributed by atoms with Gasteiger partial charge in [-0.3, -0.25) is 9.89 Å². The number of methoxy groups -OCH3 is 1. The first-order valence-electron chi connectivity index (χ1n) is 8.68. The lowest BCUT2D eigenvalue weighted by molar-refractivity contribution is 0.100. The molecule has 0 bridgehead atoms. The summed E-state index contributed by atoms with van der Waals surface area (Å²) in [5.74, 6) is 1.03. The fourth-order valence-corrected chi connectivity index (χ4v) is 3.14. The van der Waals surface area contributed by atoms with Crippen LogP contribution in [0.5, 0.6) is 5.75 Å². The van der Waals surface area contributed by atoms with Crippen molar-refractivity contribution in [2.75, 3.05) is 17.7 Å². The first-order chi connectivity index (χ1) is 13.4. The number of amides is 1. The summed E-state index contributed by atoms with van der Waals surface area (Å²) in [5, 5.41) is 13.9. The van der Waals surface area contributed by atoms with Gasteiger partial charge >= 0.3 is 0 Å². The molecule has 1 heterocycles. The van der Waals surface area contributed by atoms with Gasteiger partial charge in [-0.25, -0.2) is 0 Å². The number of benzene rings is 2. The van der Waals surface area contributed by atoms with E-state index in [2.05, 4.69) is 20.8 Å². The van der Waals surface area contributed by atoms with Crippen LogP contribution in [0.25, 0.3) is 0 Å². The molecule has 8 heteroatoms. The predicted octanol–water partition coefficient (Wildman–Crippen LogP) is 4.14. The minimum absolute atomic E-state index is 0.253. The minimum Gasteiger partial charge on any atom is -0.496 e. The molecule has 0 aliphatic rings. The summed E-state index contributed by atoms with van der Waals surface area (Å²) < 4.78 is 5.35. The second kappa shape index (κ2) is 8.22. The normalized spacial score (nSPS) is 10.6. The highest BCUT2D eigenvalue weighted by Gasteiger charge is 2.19. The van der Waals surface area contributed by atoms with Gasteiger partial charge < -0.3 is 21.1 Å². The molecule has 1 aromatic heterocycles. The second-order valence-electron chi connectivity index (χ2n) is 6.35. The lowest BCUT2D eigenvalue weighted by Gasteiger charge is -2.13. The Morgan fingerprint density at radius 1 is 1.25 bits per heavy atom. The van der Waals surface area contributed by atoms with Crippen LogP contribution in [0, 0.1) is 13.8 Å². The minimum atomic E-state index is -0.594. The molecule has 3 rings (SSSR count). The zero-order valence-electron chi connectivity index (χ0n) is 15.9. The van der Waals surface area contributed by atoms with Gasteiger partial charge in [-0.2, -0.15) is 5.10 Å². The van der Waals surface area contributed by atoms with Crippen molar-refractivity contribution in [2.24, 2.45) is 5.73 Å². The number of primary amides is 1. The van der Waals surface area contributed by atoms with E-state index >= 15 is 0 Å². The van der Waals surface area contributed by atoms with Crippen molar-refractivity contribution in [1.82, 2.24) is 10.2 Å². The fraction of sp³-hybridized carbons (Fsp3) is 0.200. The van der Waals surface area contributed by atoms with Gasteiger partial charge in [-0.05, 0) is 54.8 Å². The van der Waals surface area contributed by atoms with Gasteiger partial charge in [0.15, 0.2) is 5.82 Å². The SMILES string of the molecule is COc1ccc(CNc2n[nH]c(Nc3cccc(Cl)c3)c2C(N)=O)c(C)c1C. The first kappa shape index (κ1) is 19.6. The Bertz CT molecular complexity index is 1020. The summed E-state index contributed by atoms with van der Waals surface area (Å²) in [6, 6.07) is 11.0. The lowest BCUT2D eigenvalue weighted by atomic mass is 10.0. The monoisotopic (exact) mass is 399 g/mol. The number of carbonyl (C=O) groups excluding carboxylic acids is 1. The van der Waals surface area contributed by atoms with E-state index in [1.807, 2.05) is 32.0 Å². The van der Waals surface area contributed by atoms with Crippen molar-refractivity contribution in [2.45, 2.75) is 20.4 Å². The van der Waals surface area contributed by atoms with Crippen molar-refractivity contribution >= 4 is 34.8 Å². The van der Waals surface area contributed by atoms with Gasteiger partial charge in [0.25, 0.3) is 5.91 Å². The maximum absolute atomic E-state index is 12.0. The number of nitrogens with two attached hydrogens (primary N) is 1. The number of rotatable bonds is 7. The molecule has 5 N–H and O–H groups in total. The van der Waals surface area contributed by atoms with Gasteiger partial charge in [0.2, 0.25) is 0 Å². The average molecular weight is 400 g/mol. The van der Waals surface area contributed by atoms with Crippen LogP contribution in [0.1, 0.15) is 27.0 Å². The van der Waals surface area contributed by atoms with Gasteiger partial charge in [0.1, 0.15) is 17.1 Å². The average Bonchev–Trinajstić information content (AvgIpc) is 3.05. The Kier molecular flexibility index (Phi) is 5.75. The third-order valence-corrected chi connectivity index (χ3v) is 4.86. The molecule has 0 atom stereocenters. The third-order valence-electron chi connectivity index (χ3n) is 4.62. The zero-order chi connectivity index (χ0) is 20.3. The van der Waals surface area contributed by atoms with E-state index in [-0.39, 0.29) is 5.56 Å². The Labute approximate surface area is 168 Å². The smallest absolute Gasteiger partial charge is 0.256 e. The number of hydrogen-bond acceptors (Lipinski definition) is 5. The molecule has 0 fully saturated rings. The lowest BCUT2D eigenvalue weighted by Crippen LogP contribution is -2.15. The highest BCUT2D eigenvalue weighted by atomic mass is 35.5. The molecule has 7 nitrogen and oxygen atoms in total. The van der Waals surface area contributed by atoms with Gasteiger partial charge in [-0.15, -0.1) is 0 Å². The molecule has 0 radical (unpaired) electrons. The van der Waals surface area contributed by atoms with Crippen LogP contribution in [0.3, 0.4) is 0 Å². The number of H-pyrrole nitrogens is 1. The van der Waals surface area contributed by atoms with Crippen LogP contribution in [-0.2, 0) is 6.54 Å². The van der Waals surface area contributed by atoms with Crippen LogP contribution in [0.15, 0.2) is 36.4 Å². The number of halogens is 1. The van der Waals surface area contributed by atoms with Crippen LogP contribution in [-0.4, -0.2) is 23.2 Å². The maximum atomic E-state index is 12.0. The van der Waals surface area contributed by atoms with E-state index in [1.165, 1.54) is 0 Å². The summed E-state index contributed by atoms with van der Waals surface area (Å²) in [7, 11) is 1.65. The summed E-state index contributed by atoms with van der Waals surface area (Å²) in [5.41, 5.74) is 9.80. The number of carbonyl (C=O) groups is 1. The van der Waals surface area contributed by atoms with E-state index in [9.17, 15) is 4.79 Å². The molecule has 0 spiro atoms. The Morgan fingerprint density at radius 2 is 2.04 bits per heavy atom. The van der Waals surface area contributed by atoms with Crippen molar-refractivity contribution in [1.29, 1.82) is 0 Å². The van der Waals surface area contributed by atoms with Gasteiger partial charge in [-0.1, -0.05) is 23.7 Å². The highest BCUT2D eigenvalue weighted by Crippen LogP contribution is 2.28. The van der Waals surface area contributed by atoms with Gasteiger partial charge in [0.05, 0.1) is 7.11 Å². The molecule has 2 aromatic carbocycles. The Balaban J connectivity index is 1.82. The standard InChI is InChI=1S/C20H22ClN5O2/c1-11-12(2)16(28-3)8-7-13(11)10-23-19-17(18(22)27)20(26-25-19)24-15-6-4-5-14(21)9-15/h4-9H,10H2,1-3H3,(H2,22,27)(H3,23,24,25,26). The molecule has 0 aliphatic heterocycles. The van der Waals surface area contributed by atoms with Crippen molar-refractivity contribution in [3.8, 4) is 5.75 Å². The quantitative estimate of drug-likeness (QED) is 0.477. The molecule has 0 unspecified atom stereocenters.